The molecule has 0 radical (unpaired) electrons. The third-order valence-electron chi connectivity index (χ3n) is 2.45. The number of aliphatic hydroxyl groups is 1. The normalized spacial score (nSPS) is 10.9. The molecule has 0 saturated carbocycles. The van der Waals surface area contributed by atoms with Crippen molar-refractivity contribution in [2.45, 2.75) is 13.5 Å². The molecule has 0 aliphatic heterocycles. The molecule has 0 heterocycles. The van der Waals surface area contributed by atoms with Gasteiger partial charge >= 0.3 is 0 Å². The molecule has 0 unspecified atom stereocenters. The van der Waals surface area contributed by atoms with Crippen LogP contribution in [-0.2, 0) is 6.54 Å². The molecular weight excluding hydrogens is 242 g/mol. The van der Waals surface area contributed by atoms with Gasteiger partial charge in [0.25, 0.3) is 0 Å². The highest BCUT2D eigenvalue weighted by Crippen LogP contribution is 2.28. The summed E-state index contributed by atoms with van der Waals surface area (Å²) in [7, 11) is 1.81. The number of carbonyl (C=O) groups excluding carboxylic acids is 1. The molecule has 0 amide bonds. The molecule has 4 nitrogen and oxygen atoms in total. The Morgan fingerprint density at radius 1 is 1.47 bits per heavy atom. The van der Waals surface area contributed by atoms with Crippen molar-refractivity contribution in [3.05, 3.63) is 28.3 Å². The maximum absolute atomic E-state index is 11.3. The zero-order valence-corrected chi connectivity index (χ0v) is 10.7. The van der Waals surface area contributed by atoms with Gasteiger partial charge in [0, 0.05) is 23.7 Å². The lowest BCUT2D eigenvalue weighted by Gasteiger charge is -2.17. The first-order chi connectivity index (χ1) is 7.95. The first-order valence-electron chi connectivity index (χ1n) is 5.27. The van der Waals surface area contributed by atoms with Crippen LogP contribution in [0, 0.1) is 0 Å². The molecule has 2 N–H and O–H groups in total. The van der Waals surface area contributed by atoms with E-state index in [0.717, 1.165) is 0 Å². The monoisotopic (exact) mass is 257 g/mol. The van der Waals surface area contributed by atoms with E-state index in [-0.39, 0.29) is 23.7 Å². The van der Waals surface area contributed by atoms with Gasteiger partial charge in [-0.05, 0) is 26.1 Å². The fourth-order valence-electron chi connectivity index (χ4n) is 1.59. The van der Waals surface area contributed by atoms with Crippen LogP contribution in [0.5, 0.6) is 5.75 Å². The Bertz CT molecular complexity index is 420. The van der Waals surface area contributed by atoms with E-state index in [4.69, 9.17) is 16.7 Å². The highest BCUT2D eigenvalue weighted by Gasteiger charge is 2.14. The van der Waals surface area contributed by atoms with Crippen LogP contribution >= 0.6 is 11.6 Å². The van der Waals surface area contributed by atoms with Crippen molar-refractivity contribution in [1.29, 1.82) is 0 Å². The van der Waals surface area contributed by atoms with Gasteiger partial charge in [0.2, 0.25) is 0 Å². The fraction of sp³-hybridized carbons (Fsp3) is 0.417. The number of hydrogen-bond acceptors (Lipinski definition) is 4. The molecule has 1 aromatic carbocycles. The molecule has 0 aromatic heterocycles. The van der Waals surface area contributed by atoms with Gasteiger partial charge in [-0.3, -0.25) is 9.69 Å². The van der Waals surface area contributed by atoms with E-state index in [1.54, 1.807) is 6.07 Å². The lowest BCUT2D eigenvalue weighted by Crippen LogP contribution is -2.21. The van der Waals surface area contributed by atoms with E-state index in [1.165, 1.54) is 13.0 Å². The van der Waals surface area contributed by atoms with Crippen LogP contribution < -0.4 is 0 Å². The number of carbonyl (C=O) groups is 1. The van der Waals surface area contributed by atoms with Crippen LogP contribution in [0.2, 0.25) is 5.02 Å². The van der Waals surface area contributed by atoms with Gasteiger partial charge in [0.05, 0.1) is 12.2 Å². The van der Waals surface area contributed by atoms with E-state index < -0.39 is 0 Å². The SMILES string of the molecule is CC(=O)c1cc(Cl)cc(CN(C)CCO)c1O. The molecule has 94 valence electrons. The van der Waals surface area contributed by atoms with Crippen LogP contribution in [0.25, 0.3) is 0 Å². The Balaban J connectivity index is 3.03. The van der Waals surface area contributed by atoms with Crippen molar-refractivity contribution < 1.29 is 15.0 Å². The fourth-order valence-corrected chi connectivity index (χ4v) is 1.83. The number of halogens is 1. The number of rotatable bonds is 5. The van der Waals surface area contributed by atoms with E-state index in [2.05, 4.69) is 0 Å². The van der Waals surface area contributed by atoms with E-state index in [1.807, 2.05) is 11.9 Å². The van der Waals surface area contributed by atoms with Crippen molar-refractivity contribution in [1.82, 2.24) is 4.90 Å². The summed E-state index contributed by atoms with van der Waals surface area (Å²) in [4.78, 5) is 13.1. The molecule has 5 heteroatoms. The van der Waals surface area contributed by atoms with Crippen molar-refractivity contribution in [2.24, 2.45) is 0 Å². The predicted octanol–water partition coefficient (Wildman–Crippen LogP) is 1.67. The summed E-state index contributed by atoms with van der Waals surface area (Å²) >= 11 is 5.90. The smallest absolute Gasteiger partial charge is 0.163 e. The minimum Gasteiger partial charge on any atom is -0.507 e. The number of aliphatic hydroxyl groups excluding tert-OH is 1. The summed E-state index contributed by atoms with van der Waals surface area (Å²) in [5, 5.41) is 19.1. The quantitative estimate of drug-likeness (QED) is 0.788. The van der Waals surface area contributed by atoms with Gasteiger partial charge in [-0.25, -0.2) is 0 Å². The first kappa shape index (κ1) is 14.0. The number of phenolic OH excluding ortho intramolecular Hbond substituents is 1. The van der Waals surface area contributed by atoms with Crippen molar-refractivity contribution in [3.8, 4) is 5.75 Å². The number of aromatic hydroxyl groups is 1. The van der Waals surface area contributed by atoms with Crippen LogP contribution in [0.3, 0.4) is 0 Å². The van der Waals surface area contributed by atoms with Gasteiger partial charge in [-0.2, -0.15) is 0 Å². The highest BCUT2D eigenvalue weighted by molar-refractivity contribution is 6.31. The van der Waals surface area contributed by atoms with Crippen LogP contribution in [0.1, 0.15) is 22.8 Å². The molecule has 0 aliphatic carbocycles. The third kappa shape index (κ3) is 3.70. The highest BCUT2D eigenvalue weighted by atomic mass is 35.5. The van der Waals surface area contributed by atoms with Crippen molar-refractivity contribution in [2.75, 3.05) is 20.2 Å². The second kappa shape index (κ2) is 6.00. The molecule has 0 fully saturated rings. The summed E-state index contributed by atoms with van der Waals surface area (Å²) in [6.45, 7) is 2.33. The zero-order valence-electron chi connectivity index (χ0n) is 9.90. The molecule has 0 saturated heterocycles. The standard InChI is InChI=1S/C12H16ClNO3/c1-8(16)11-6-10(13)5-9(12(11)17)7-14(2)3-4-15/h5-6,15,17H,3-4,7H2,1-2H3. The Kier molecular flexibility index (Phi) is 4.93. The van der Waals surface area contributed by atoms with Crippen LogP contribution in [-0.4, -0.2) is 41.1 Å². The number of ketones is 1. The third-order valence-corrected chi connectivity index (χ3v) is 2.67. The molecule has 0 aliphatic rings. The molecular formula is C12H16ClNO3. The maximum Gasteiger partial charge on any atom is 0.163 e. The van der Waals surface area contributed by atoms with Gasteiger partial charge in [-0.1, -0.05) is 11.6 Å². The minimum absolute atomic E-state index is 0.0355. The summed E-state index contributed by atoms with van der Waals surface area (Å²) in [5.41, 5.74) is 0.809. The van der Waals surface area contributed by atoms with Gasteiger partial charge in [-0.15, -0.1) is 0 Å². The molecule has 0 spiro atoms. The van der Waals surface area contributed by atoms with Gasteiger partial charge < -0.3 is 10.2 Å². The average molecular weight is 258 g/mol. The summed E-state index contributed by atoms with van der Waals surface area (Å²) in [6, 6.07) is 3.08. The number of likely N-dealkylation sites (N-methyl/N-ethyl adjacent to an activating group) is 1. The second-order valence-electron chi connectivity index (χ2n) is 3.98. The molecule has 0 bridgehead atoms. The Morgan fingerprint density at radius 2 is 2.12 bits per heavy atom. The number of phenols is 1. The summed E-state index contributed by atoms with van der Waals surface area (Å²) in [5.74, 6) is -0.261. The zero-order chi connectivity index (χ0) is 13.0. The summed E-state index contributed by atoms with van der Waals surface area (Å²) < 4.78 is 0. The summed E-state index contributed by atoms with van der Waals surface area (Å²) in [6.07, 6.45) is 0. The molecule has 1 aromatic rings. The Hall–Kier alpha value is -1.10. The van der Waals surface area contributed by atoms with Crippen molar-refractivity contribution >= 4 is 17.4 Å². The minimum atomic E-state index is -0.226. The number of nitrogens with zero attached hydrogens (tertiary/aromatic N) is 1. The molecule has 1 rings (SSSR count). The Labute approximate surface area is 105 Å². The number of Topliss-reactive ketones (excluding diaryl/α,β-unsaturated/α-hetero) is 1. The Morgan fingerprint density at radius 3 is 2.65 bits per heavy atom. The molecule has 0 atom stereocenters. The van der Waals surface area contributed by atoms with Crippen molar-refractivity contribution in [3.63, 3.8) is 0 Å². The average Bonchev–Trinajstić information content (AvgIpc) is 2.22. The van der Waals surface area contributed by atoms with Crippen LogP contribution in [0.15, 0.2) is 12.1 Å². The van der Waals surface area contributed by atoms with E-state index in [0.29, 0.717) is 23.7 Å². The first-order valence-corrected chi connectivity index (χ1v) is 5.65. The van der Waals surface area contributed by atoms with Crippen LogP contribution in [0.4, 0.5) is 0 Å². The van der Waals surface area contributed by atoms with E-state index in [9.17, 15) is 9.90 Å². The topological polar surface area (TPSA) is 60.8 Å². The van der Waals surface area contributed by atoms with Gasteiger partial charge in [0.1, 0.15) is 5.75 Å². The predicted molar refractivity (Wildman–Crippen MR) is 66.5 cm³/mol. The lowest BCUT2D eigenvalue weighted by atomic mass is 10.1. The number of hydrogen-bond donors (Lipinski definition) is 2. The lowest BCUT2D eigenvalue weighted by molar-refractivity contribution is 0.101. The number of benzene rings is 1. The second-order valence-corrected chi connectivity index (χ2v) is 4.42. The van der Waals surface area contributed by atoms with E-state index >= 15 is 0 Å². The largest absolute Gasteiger partial charge is 0.507 e. The van der Waals surface area contributed by atoms with Gasteiger partial charge in [0.15, 0.2) is 5.78 Å². The maximum atomic E-state index is 11.3. The molecule has 17 heavy (non-hydrogen) atoms.